The highest BCUT2D eigenvalue weighted by atomic mass is 16.5. The van der Waals surface area contributed by atoms with E-state index in [1.54, 1.807) is 0 Å². The Balaban J connectivity index is 2.05. The summed E-state index contributed by atoms with van der Waals surface area (Å²) in [6, 6.07) is 15.8. The molecule has 0 unspecified atom stereocenters. The van der Waals surface area contributed by atoms with E-state index in [4.69, 9.17) is 15.2 Å². The van der Waals surface area contributed by atoms with Crippen LogP contribution in [0.1, 0.15) is 18.1 Å². The third-order valence-corrected chi connectivity index (χ3v) is 2.77. The molecule has 19 heavy (non-hydrogen) atoms. The Morgan fingerprint density at radius 2 is 1.58 bits per heavy atom. The number of hydrogen-bond acceptors (Lipinski definition) is 3. The summed E-state index contributed by atoms with van der Waals surface area (Å²) >= 11 is 0. The van der Waals surface area contributed by atoms with E-state index >= 15 is 0 Å². The lowest BCUT2D eigenvalue weighted by Gasteiger charge is -2.12. The second kappa shape index (κ2) is 6.81. The Hall–Kier alpha value is -2.00. The lowest BCUT2D eigenvalue weighted by Crippen LogP contribution is -2.01. The fourth-order valence-corrected chi connectivity index (χ4v) is 1.85. The average molecular weight is 257 g/mol. The quantitative estimate of drug-likeness (QED) is 0.864. The summed E-state index contributed by atoms with van der Waals surface area (Å²) in [6.45, 7) is 3.64. The maximum atomic E-state index is 5.81. The van der Waals surface area contributed by atoms with Crippen LogP contribution in [-0.4, -0.2) is 6.61 Å². The first kappa shape index (κ1) is 13.4. The molecule has 2 N–H and O–H groups in total. The van der Waals surface area contributed by atoms with Crippen molar-refractivity contribution >= 4 is 0 Å². The van der Waals surface area contributed by atoms with Gasteiger partial charge in [-0.1, -0.05) is 36.4 Å². The minimum Gasteiger partial charge on any atom is -0.490 e. The molecule has 0 amide bonds. The van der Waals surface area contributed by atoms with Crippen molar-refractivity contribution in [3.8, 4) is 11.5 Å². The zero-order chi connectivity index (χ0) is 13.5. The van der Waals surface area contributed by atoms with Gasteiger partial charge >= 0.3 is 0 Å². The highest BCUT2D eigenvalue weighted by Crippen LogP contribution is 2.27. The molecule has 0 radical (unpaired) electrons. The normalized spacial score (nSPS) is 10.2. The maximum Gasteiger partial charge on any atom is 0.161 e. The first-order valence-corrected chi connectivity index (χ1v) is 6.46. The standard InChI is InChI=1S/C16H19NO2/c1-2-18-15-8-3-4-9-16(15)19-12-14-7-5-6-13(10-14)11-17/h3-10H,2,11-12,17H2,1H3. The first-order chi connectivity index (χ1) is 9.33. The summed E-state index contributed by atoms with van der Waals surface area (Å²) in [6.07, 6.45) is 0. The molecule has 0 atom stereocenters. The number of rotatable bonds is 6. The van der Waals surface area contributed by atoms with E-state index in [1.165, 1.54) is 0 Å². The van der Waals surface area contributed by atoms with Crippen molar-refractivity contribution in [3.05, 3.63) is 59.7 Å². The predicted octanol–water partition coefficient (Wildman–Crippen LogP) is 3.12. The summed E-state index contributed by atoms with van der Waals surface area (Å²) in [7, 11) is 0. The van der Waals surface area contributed by atoms with Gasteiger partial charge < -0.3 is 15.2 Å². The van der Waals surface area contributed by atoms with Crippen molar-refractivity contribution in [2.45, 2.75) is 20.1 Å². The summed E-state index contributed by atoms with van der Waals surface area (Å²) in [4.78, 5) is 0. The van der Waals surface area contributed by atoms with Crippen molar-refractivity contribution < 1.29 is 9.47 Å². The highest BCUT2D eigenvalue weighted by Gasteiger charge is 2.04. The minimum absolute atomic E-state index is 0.512. The molecule has 2 aromatic carbocycles. The van der Waals surface area contributed by atoms with Gasteiger partial charge in [0.1, 0.15) is 6.61 Å². The highest BCUT2D eigenvalue weighted by molar-refractivity contribution is 5.39. The Bertz CT molecular complexity index is 526. The number of hydrogen-bond donors (Lipinski definition) is 1. The smallest absolute Gasteiger partial charge is 0.161 e. The molecule has 0 saturated heterocycles. The summed E-state index contributed by atoms with van der Waals surface area (Å²) in [5.41, 5.74) is 7.84. The summed E-state index contributed by atoms with van der Waals surface area (Å²) < 4.78 is 11.3. The second-order valence-corrected chi connectivity index (χ2v) is 4.19. The first-order valence-electron chi connectivity index (χ1n) is 6.46. The van der Waals surface area contributed by atoms with Gasteiger partial charge in [0.15, 0.2) is 11.5 Å². The lowest BCUT2D eigenvalue weighted by atomic mass is 10.1. The largest absolute Gasteiger partial charge is 0.490 e. The lowest BCUT2D eigenvalue weighted by molar-refractivity contribution is 0.269. The van der Waals surface area contributed by atoms with Crippen LogP contribution in [0.15, 0.2) is 48.5 Å². The van der Waals surface area contributed by atoms with Crippen LogP contribution in [0.4, 0.5) is 0 Å². The second-order valence-electron chi connectivity index (χ2n) is 4.19. The van der Waals surface area contributed by atoms with Gasteiger partial charge in [-0.2, -0.15) is 0 Å². The molecule has 2 aromatic rings. The van der Waals surface area contributed by atoms with E-state index in [9.17, 15) is 0 Å². The minimum atomic E-state index is 0.512. The van der Waals surface area contributed by atoms with E-state index in [0.29, 0.717) is 19.8 Å². The van der Waals surface area contributed by atoms with E-state index in [2.05, 4.69) is 6.07 Å². The van der Waals surface area contributed by atoms with Crippen LogP contribution < -0.4 is 15.2 Å². The van der Waals surface area contributed by atoms with Crippen LogP contribution in [0.3, 0.4) is 0 Å². The fraction of sp³-hybridized carbons (Fsp3) is 0.250. The number of ether oxygens (including phenoxy) is 2. The van der Waals surface area contributed by atoms with Crippen LogP contribution in [0.25, 0.3) is 0 Å². The molecule has 0 fully saturated rings. The van der Waals surface area contributed by atoms with Crippen LogP contribution in [0.5, 0.6) is 11.5 Å². The molecule has 0 saturated carbocycles. The van der Waals surface area contributed by atoms with E-state index < -0.39 is 0 Å². The molecule has 3 nitrogen and oxygen atoms in total. The Kier molecular flexibility index (Phi) is 4.81. The molecule has 0 bridgehead atoms. The molecule has 3 heteroatoms. The van der Waals surface area contributed by atoms with Crippen molar-refractivity contribution in [1.82, 2.24) is 0 Å². The maximum absolute atomic E-state index is 5.81. The van der Waals surface area contributed by atoms with Crippen LogP contribution >= 0.6 is 0 Å². The van der Waals surface area contributed by atoms with Gasteiger partial charge in [0.2, 0.25) is 0 Å². The zero-order valence-corrected chi connectivity index (χ0v) is 11.1. The van der Waals surface area contributed by atoms with Gasteiger partial charge in [0.05, 0.1) is 6.61 Å². The van der Waals surface area contributed by atoms with Crippen LogP contribution in [0.2, 0.25) is 0 Å². The summed E-state index contributed by atoms with van der Waals surface area (Å²) in [5, 5.41) is 0. The SMILES string of the molecule is CCOc1ccccc1OCc1cccc(CN)c1. The van der Waals surface area contributed by atoms with Gasteiger partial charge in [-0.15, -0.1) is 0 Å². The molecule has 0 aliphatic heterocycles. The van der Waals surface area contributed by atoms with Gasteiger partial charge in [-0.3, -0.25) is 0 Å². The van der Waals surface area contributed by atoms with Crippen molar-refractivity contribution in [1.29, 1.82) is 0 Å². The third kappa shape index (κ3) is 3.73. The Labute approximate surface area is 114 Å². The number of para-hydroxylation sites is 2. The molecule has 2 rings (SSSR count). The van der Waals surface area contributed by atoms with Gasteiger partial charge in [-0.25, -0.2) is 0 Å². The molecular formula is C16H19NO2. The Morgan fingerprint density at radius 1 is 0.895 bits per heavy atom. The zero-order valence-electron chi connectivity index (χ0n) is 11.1. The monoisotopic (exact) mass is 257 g/mol. The molecule has 100 valence electrons. The van der Waals surface area contributed by atoms with Gasteiger partial charge in [0.25, 0.3) is 0 Å². The molecular weight excluding hydrogens is 238 g/mol. The van der Waals surface area contributed by atoms with Crippen molar-refractivity contribution in [2.75, 3.05) is 6.61 Å². The van der Waals surface area contributed by atoms with E-state index in [0.717, 1.165) is 22.6 Å². The topological polar surface area (TPSA) is 44.5 Å². The average Bonchev–Trinajstić information content (AvgIpc) is 2.47. The fourth-order valence-electron chi connectivity index (χ4n) is 1.85. The molecule has 0 aromatic heterocycles. The predicted molar refractivity (Wildman–Crippen MR) is 76.3 cm³/mol. The van der Waals surface area contributed by atoms with Crippen molar-refractivity contribution in [3.63, 3.8) is 0 Å². The van der Waals surface area contributed by atoms with E-state index in [-0.39, 0.29) is 0 Å². The van der Waals surface area contributed by atoms with Crippen LogP contribution in [-0.2, 0) is 13.2 Å². The van der Waals surface area contributed by atoms with Gasteiger partial charge in [0, 0.05) is 6.54 Å². The van der Waals surface area contributed by atoms with Gasteiger partial charge in [-0.05, 0) is 30.2 Å². The molecule has 0 spiro atoms. The summed E-state index contributed by atoms with van der Waals surface area (Å²) in [5.74, 6) is 1.54. The molecule has 0 heterocycles. The third-order valence-electron chi connectivity index (χ3n) is 2.77. The van der Waals surface area contributed by atoms with Crippen molar-refractivity contribution in [2.24, 2.45) is 5.73 Å². The molecule has 0 aliphatic rings. The number of nitrogens with two attached hydrogens (primary N) is 1. The van der Waals surface area contributed by atoms with Crippen LogP contribution in [0, 0.1) is 0 Å². The van der Waals surface area contributed by atoms with E-state index in [1.807, 2.05) is 49.4 Å². The molecule has 0 aliphatic carbocycles. The Morgan fingerprint density at radius 3 is 2.26 bits per heavy atom. The number of benzene rings is 2.